The SMILES string of the molecule is C/C(=N\N=C(N)NC(=O)/C=C/c1ccccc1)c1ccc(O)cc1. The molecule has 0 bridgehead atoms. The van der Waals surface area contributed by atoms with Gasteiger partial charge in [-0.15, -0.1) is 5.10 Å². The minimum atomic E-state index is -0.391. The number of nitrogens with two attached hydrogens (primary N) is 1. The molecule has 0 radical (unpaired) electrons. The van der Waals surface area contributed by atoms with E-state index in [9.17, 15) is 9.90 Å². The Kier molecular flexibility index (Phi) is 5.85. The predicted octanol–water partition coefficient (Wildman–Crippen LogP) is 2.26. The van der Waals surface area contributed by atoms with Crippen LogP contribution in [-0.2, 0) is 4.79 Å². The van der Waals surface area contributed by atoms with E-state index in [0.29, 0.717) is 5.71 Å². The van der Waals surface area contributed by atoms with Crippen molar-refractivity contribution in [1.82, 2.24) is 5.32 Å². The predicted molar refractivity (Wildman–Crippen MR) is 95.6 cm³/mol. The van der Waals surface area contributed by atoms with Gasteiger partial charge in [-0.25, -0.2) is 0 Å². The molecule has 0 fully saturated rings. The number of aromatic hydroxyl groups is 1. The van der Waals surface area contributed by atoms with Gasteiger partial charge in [-0.3, -0.25) is 10.1 Å². The molecule has 4 N–H and O–H groups in total. The first-order valence-corrected chi connectivity index (χ1v) is 7.26. The number of amides is 1. The molecule has 6 nitrogen and oxygen atoms in total. The molecule has 0 aliphatic rings. The third kappa shape index (κ3) is 5.42. The van der Waals surface area contributed by atoms with Crippen molar-refractivity contribution in [3.05, 3.63) is 71.8 Å². The summed E-state index contributed by atoms with van der Waals surface area (Å²) in [5.41, 5.74) is 7.93. The summed E-state index contributed by atoms with van der Waals surface area (Å²) in [4.78, 5) is 11.7. The van der Waals surface area contributed by atoms with E-state index in [0.717, 1.165) is 11.1 Å². The highest BCUT2D eigenvalue weighted by molar-refractivity contribution is 6.04. The Balaban J connectivity index is 1.95. The Morgan fingerprint density at radius 2 is 1.75 bits per heavy atom. The number of guanidine groups is 1. The lowest BCUT2D eigenvalue weighted by molar-refractivity contribution is -0.115. The molecule has 0 aromatic heterocycles. The fraction of sp³-hybridized carbons (Fsp3) is 0.0556. The second-order valence-electron chi connectivity index (χ2n) is 4.95. The van der Waals surface area contributed by atoms with E-state index >= 15 is 0 Å². The number of nitrogens with one attached hydrogen (secondary N) is 1. The summed E-state index contributed by atoms with van der Waals surface area (Å²) in [6, 6.07) is 16.0. The lowest BCUT2D eigenvalue weighted by Gasteiger charge is -2.01. The molecule has 1 amide bonds. The van der Waals surface area contributed by atoms with Crippen LogP contribution >= 0.6 is 0 Å². The Labute approximate surface area is 140 Å². The van der Waals surface area contributed by atoms with E-state index in [1.54, 1.807) is 37.3 Å². The van der Waals surface area contributed by atoms with E-state index in [2.05, 4.69) is 15.5 Å². The number of rotatable bonds is 4. The lowest BCUT2D eigenvalue weighted by atomic mass is 10.1. The highest BCUT2D eigenvalue weighted by Crippen LogP contribution is 2.10. The average molecular weight is 322 g/mol. The van der Waals surface area contributed by atoms with Gasteiger partial charge in [-0.05, 0) is 48.4 Å². The van der Waals surface area contributed by atoms with E-state index in [1.165, 1.54) is 6.08 Å². The van der Waals surface area contributed by atoms with Crippen molar-refractivity contribution < 1.29 is 9.90 Å². The molecule has 0 saturated heterocycles. The zero-order valence-corrected chi connectivity index (χ0v) is 13.2. The Morgan fingerprint density at radius 3 is 2.42 bits per heavy atom. The number of nitrogens with zero attached hydrogens (tertiary/aromatic N) is 2. The van der Waals surface area contributed by atoms with Crippen LogP contribution in [0.1, 0.15) is 18.1 Å². The molecule has 0 aliphatic heterocycles. The molecule has 122 valence electrons. The maximum absolute atomic E-state index is 11.7. The lowest BCUT2D eigenvalue weighted by Crippen LogP contribution is -2.35. The van der Waals surface area contributed by atoms with Crippen LogP contribution in [0.5, 0.6) is 5.75 Å². The molecule has 24 heavy (non-hydrogen) atoms. The molecule has 0 unspecified atom stereocenters. The van der Waals surface area contributed by atoms with Crippen LogP contribution in [0.3, 0.4) is 0 Å². The van der Waals surface area contributed by atoms with Gasteiger partial charge in [-0.1, -0.05) is 30.3 Å². The summed E-state index contributed by atoms with van der Waals surface area (Å²) in [6.07, 6.45) is 3.04. The standard InChI is InChI=1S/C18H18N4O2/c1-13(15-8-10-16(23)11-9-15)21-22-18(19)20-17(24)12-7-14-5-3-2-4-6-14/h2-12,23H,1H3,(H3,19,20,22,24)/b12-7+,21-13+. The fourth-order valence-electron chi connectivity index (χ4n) is 1.82. The number of hydrogen-bond acceptors (Lipinski definition) is 4. The number of benzene rings is 2. The summed E-state index contributed by atoms with van der Waals surface area (Å²) >= 11 is 0. The van der Waals surface area contributed by atoms with Gasteiger partial charge in [0.15, 0.2) is 0 Å². The average Bonchev–Trinajstić information content (AvgIpc) is 2.59. The minimum Gasteiger partial charge on any atom is -0.508 e. The van der Waals surface area contributed by atoms with Gasteiger partial charge in [0.25, 0.3) is 5.91 Å². The third-order valence-corrected chi connectivity index (χ3v) is 3.07. The zero-order valence-electron chi connectivity index (χ0n) is 13.2. The number of phenolic OH excluding ortho intramolecular Hbond substituents is 1. The van der Waals surface area contributed by atoms with Crippen LogP contribution in [0, 0.1) is 0 Å². The number of hydrogen-bond donors (Lipinski definition) is 3. The highest BCUT2D eigenvalue weighted by Gasteiger charge is 2.00. The maximum atomic E-state index is 11.7. The largest absolute Gasteiger partial charge is 0.508 e. The van der Waals surface area contributed by atoms with Crippen molar-refractivity contribution in [3.8, 4) is 5.75 Å². The molecular formula is C18H18N4O2. The van der Waals surface area contributed by atoms with Crippen molar-refractivity contribution in [1.29, 1.82) is 0 Å². The number of phenols is 1. The first kappa shape index (κ1) is 17.0. The highest BCUT2D eigenvalue weighted by atomic mass is 16.3. The third-order valence-electron chi connectivity index (χ3n) is 3.07. The van der Waals surface area contributed by atoms with Crippen molar-refractivity contribution >= 4 is 23.7 Å². The van der Waals surface area contributed by atoms with Crippen LogP contribution in [0.25, 0.3) is 6.08 Å². The number of carbonyl (C=O) groups is 1. The second-order valence-corrected chi connectivity index (χ2v) is 4.95. The van der Waals surface area contributed by atoms with Gasteiger partial charge in [0.05, 0.1) is 5.71 Å². The fourth-order valence-corrected chi connectivity index (χ4v) is 1.82. The van der Waals surface area contributed by atoms with Crippen LogP contribution in [0.15, 0.2) is 70.9 Å². The molecule has 0 atom stereocenters. The summed E-state index contributed by atoms with van der Waals surface area (Å²) in [7, 11) is 0. The molecule has 0 heterocycles. The normalized spacial score (nSPS) is 12.4. The monoisotopic (exact) mass is 322 g/mol. The van der Waals surface area contributed by atoms with Gasteiger partial charge in [0, 0.05) is 6.08 Å². The van der Waals surface area contributed by atoms with Crippen LogP contribution in [0.4, 0.5) is 0 Å². The van der Waals surface area contributed by atoms with E-state index < -0.39 is 5.91 Å². The molecule has 2 aromatic carbocycles. The van der Waals surface area contributed by atoms with Crippen molar-refractivity contribution in [2.24, 2.45) is 15.9 Å². The minimum absolute atomic E-state index is 0.101. The van der Waals surface area contributed by atoms with Crippen molar-refractivity contribution in [3.63, 3.8) is 0 Å². The second kappa shape index (κ2) is 8.28. The van der Waals surface area contributed by atoms with Crippen molar-refractivity contribution in [2.45, 2.75) is 6.92 Å². The van der Waals surface area contributed by atoms with E-state index in [1.807, 2.05) is 30.3 Å². The molecule has 0 aliphatic carbocycles. The first-order chi connectivity index (χ1) is 11.5. The van der Waals surface area contributed by atoms with Gasteiger partial charge < -0.3 is 10.8 Å². The van der Waals surface area contributed by atoms with Gasteiger partial charge in [-0.2, -0.15) is 5.10 Å². The van der Waals surface area contributed by atoms with Gasteiger partial charge in [0.1, 0.15) is 5.75 Å². The Morgan fingerprint density at radius 1 is 1.08 bits per heavy atom. The smallest absolute Gasteiger partial charge is 0.250 e. The molecule has 0 spiro atoms. The van der Waals surface area contributed by atoms with Crippen molar-refractivity contribution in [2.75, 3.05) is 0 Å². The molecule has 0 saturated carbocycles. The Hall–Kier alpha value is -3.41. The molecule has 2 aromatic rings. The first-order valence-electron chi connectivity index (χ1n) is 7.26. The van der Waals surface area contributed by atoms with Crippen LogP contribution in [-0.4, -0.2) is 22.7 Å². The molecular weight excluding hydrogens is 304 g/mol. The van der Waals surface area contributed by atoms with Crippen LogP contribution < -0.4 is 11.1 Å². The van der Waals surface area contributed by atoms with Crippen LogP contribution in [0.2, 0.25) is 0 Å². The van der Waals surface area contributed by atoms with E-state index in [-0.39, 0.29) is 11.7 Å². The zero-order chi connectivity index (χ0) is 17.4. The molecule has 6 heteroatoms. The summed E-state index contributed by atoms with van der Waals surface area (Å²) in [6.45, 7) is 1.75. The summed E-state index contributed by atoms with van der Waals surface area (Å²) in [5, 5.41) is 19.4. The number of carbonyl (C=O) groups excluding carboxylic acids is 1. The topological polar surface area (TPSA) is 100 Å². The van der Waals surface area contributed by atoms with E-state index in [4.69, 9.17) is 5.73 Å². The quantitative estimate of drug-likeness (QED) is 0.348. The summed E-state index contributed by atoms with van der Waals surface area (Å²) < 4.78 is 0. The Bertz CT molecular complexity index is 778. The maximum Gasteiger partial charge on any atom is 0.250 e. The molecule has 2 rings (SSSR count). The summed E-state index contributed by atoms with van der Waals surface area (Å²) in [5.74, 6) is -0.319. The van der Waals surface area contributed by atoms with Gasteiger partial charge in [0.2, 0.25) is 5.96 Å². The van der Waals surface area contributed by atoms with Gasteiger partial charge >= 0.3 is 0 Å².